The predicted octanol–water partition coefficient (Wildman–Crippen LogP) is 5.28. The van der Waals surface area contributed by atoms with E-state index < -0.39 is 23.7 Å². The maximum atomic E-state index is 13.4. The van der Waals surface area contributed by atoms with Crippen molar-refractivity contribution in [3.63, 3.8) is 0 Å². The molecule has 0 atom stereocenters. The molecule has 0 bridgehead atoms. The van der Waals surface area contributed by atoms with Crippen molar-refractivity contribution in [2.75, 3.05) is 11.9 Å². The highest BCUT2D eigenvalue weighted by molar-refractivity contribution is 9.10. The number of nitrogens with one attached hydrogen (secondary N) is 2. The SMILES string of the molecule is O=C(NCC1CCCC1)Oc1cnc(Nc2cccc(Br)c2)nc1C(F)(F)F. The molecule has 2 N–H and O–H groups in total. The molecule has 1 aliphatic carbocycles. The number of nitrogens with zero attached hydrogens (tertiary/aromatic N) is 2. The number of carbonyl (C=O) groups is 1. The number of amides is 1. The van der Waals surface area contributed by atoms with Gasteiger partial charge >= 0.3 is 12.3 Å². The van der Waals surface area contributed by atoms with Crippen molar-refractivity contribution in [2.24, 2.45) is 5.92 Å². The van der Waals surface area contributed by atoms with E-state index in [0.717, 1.165) is 36.4 Å². The molecule has 0 aliphatic heterocycles. The first kappa shape index (κ1) is 20.4. The van der Waals surface area contributed by atoms with E-state index in [2.05, 4.69) is 36.5 Å². The van der Waals surface area contributed by atoms with Gasteiger partial charge in [0.2, 0.25) is 5.95 Å². The highest BCUT2D eigenvalue weighted by Crippen LogP contribution is 2.35. The Kier molecular flexibility index (Phi) is 6.38. The normalized spacial score (nSPS) is 14.7. The molecule has 1 saturated carbocycles. The Labute approximate surface area is 168 Å². The molecule has 6 nitrogen and oxygen atoms in total. The van der Waals surface area contributed by atoms with Crippen molar-refractivity contribution in [3.8, 4) is 5.75 Å². The summed E-state index contributed by atoms with van der Waals surface area (Å²) in [5, 5.41) is 5.20. The Morgan fingerprint density at radius 1 is 1.29 bits per heavy atom. The summed E-state index contributed by atoms with van der Waals surface area (Å²) < 4.78 is 45.7. The van der Waals surface area contributed by atoms with Gasteiger partial charge in [-0.05, 0) is 37.0 Å². The quantitative estimate of drug-likeness (QED) is 0.637. The lowest BCUT2D eigenvalue weighted by Crippen LogP contribution is -2.31. The van der Waals surface area contributed by atoms with Gasteiger partial charge in [0, 0.05) is 16.7 Å². The number of aromatic nitrogens is 2. The van der Waals surface area contributed by atoms with E-state index in [1.54, 1.807) is 24.3 Å². The summed E-state index contributed by atoms with van der Waals surface area (Å²) in [6.07, 6.45) is -0.739. The summed E-state index contributed by atoms with van der Waals surface area (Å²) in [5.41, 5.74) is -0.818. The minimum absolute atomic E-state index is 0.260. The van der Waals surface area contributed by atoms with E-state index in [1.807, 2.05) is 0 Å². The molecular weight excluding hydrogens is 441 g/mol. The molecule has 0 radical (unpaired) electrons. The number of ether oxygens (including phenoxy) is 1. The van der Waals surface area contributed by atoms with Gasteiger partial charge in [-0.1, -0.05) is 34.8 Å². The van der Waals surface area contributed by atoms with Crippen molar-refractivity contribution < 1.29 is 22.7 Å². The van der Waals surface area contributed by atoms with Gasteiger partial charge in [-0.3, -0.25) is 0 Å². The maximum Gasteiger partial charge on any atom is 0.437 e. The highest BCUT2D eigenvalue weighted by Gasteiger charge is 2.38. The lowest BCUT2D eigenvalue weighted by Gasteiger charge is -2.15. The number of carbonyl (C=O) groups excluding carboxylic acids is 1. The zero-order valence-corrected chi connectivity index (χ0v) is 16.3. The van der Waals surface area contributed by atoms with Gasteiger partial charge in [0.05, 0.1) is 6.20 Å². The molecule has 1 aliphatic rings. The fourth-order valence-corrected chi connectivity index (χ4v) is 3.38. The van der Waals surface area contributed by atoms with E-state index in [9.17, 15) is 18.0 Å². The molecule has 1 aromatic heterocycles. The van der Waals surface area contributed by atoms with Crippen LogP contribution in [0.1, 0.15) is 31.4 Å². The first-order chi connectivity index (χ1) is 13.3. The largest absolute Gasteiger partial charge is 0.437 e. The van der Waals surface area contributed by atoms with Gasteiger partial charge in [-0.15, -0.1) is 0 Å². The number of hydrogen-bond donors (Lipinski definition) is 2. The monoisotopic (exact) mass is 458 g/mol. The van der Waals surface area contributed by atoms with Crippen LogP contribution in [0.2, 0.25) is 0 Å². The molecule has 1 fully saturated rings. The van der Waals surface area contributed by atoms with E-state index in [4.69, 9.17) is 4.74 Å². The summed E-state index contributed by atoms with van der Waals surface area (Å²) in [5.74, 6) is -0.664. The van der Waals surface area contributed by atoms with E-state index in [0.29, 0.717) is 18.2 Å². The number of anilines is 2. The molecule has 28 heavy (non-hydrogen) atoms. The summed E-state index contributed by atoms with van der Waals surface area (Å²) in [4.78, 5) is 19.2. The highest BCUT2D eigenvalue weighted by atomic mass is 79.9. The van der Waals surface area contributed by atoms with Crippen LogP contribution in [0.3, 0.4) is 0 Å². The molecule has 1 aromatic carbocycles. The van der Waals surface area contributed by atoms with Crippen LogP contribution in [0.15, 0.2) is 34.9 Å². The summed E-state index contributed by atoms with van der Waals surface area (Å²) in [6.45, 7) is 0.379. The minimum Gasteiger partial charge on any atom is -0.406 e. The lowest BCUT2D eigenvalue weighted by molar-refractivity contribution is -0.142. The zero-order chi connectivity index (χ0) is 20.1. The third-order valence-electron chi connectivity index (χ3n) is 4.32. The minimum atomic E-state index is -4.81. The van der Waals surface area contributed by atoms with Crippen LogP contribution < -0.4 is 15.4 Å². The fraction of sp³-hybridized carbons (Fsp3) is 0.389. The van der Waals surface area contributed by atoms with Gasteiger partial charge in [-0.25, -0.2) is 14.8 Å². The second kappa shape index (κ2) is 8.76. The van der Waals surface area contributed by atoms with Crippen LogP contribution in [0.5, 0.6) is 5.75 Å². The second-order valence-corrected chi connectivity index (χ2v) is 7.38. The molecule has 0 spiro atoms. The Hall–Kier alpha value is -2.36. The summed E-state index contributed by atoms with van der Waals surface area (Å²) in [6, 6.07) is 6.80. The Morgan fingerprint density at radius 2 is 2.04 bits per heavy atom. The second-order valence-electron chi connectivity index (χ2n) is 6.46. The molecule has 1 amide bonds. The fourth-order valence-electron chi connectivity index (χ4n) is 2.98. The summed E-state index contributed by atoms with van der Waals surface area (Å²) >= 11 is 3.27. The Balaban J connectivity index is 1.72. The van der Waals surface area contributed by atoms with Crippen molar-refractivity contribution in [2.45, 2.75) is 31.9 Å². The predicted molar refractivity (Wildman–Crippen MR) is 100 cm³/mol. The first-order valence-electron chi connectivity index (χ1n) is 8.74. The topological polar surface area (TPSA) is 76.1 Å². The number of benzene rings is 1. The van der Waals surface area contributed by atoms with Gasteiger partial charge in [-0.2, -0.15) is 13.2 Å². The summed E-state index contributed by atoms with van der Waals surface area (Å²) in [7, 11) is 0. The lowest BCUT2D eigenvalue weighted by atomic mass is 10.1. The van der Waals surface area contributed by atoms with Crippen molar-refractivity contribution >= 4 is 33.7 Å². The van der Waals surface area contributed by atoms with Crippen LogP contribution in [-0.2, 0) is 6.18 Å². The van der Waals surface area contributed by atoms with Crippen molar-refractivity contribution in [1.82, 2.24) is 15.3 Å². The number of halogens is 4. The van der Waals surface area contributed by atoms with Crippen molar-refractivity contribution in [1.29, 1.82) is 0 Å². The van der Waals surface area contributed by atoms with Gasteiger partial charge in [0.1, 0.15) is 0 Å². The van der Waals surface area contributed by atoms with Crippen LogP contribution in [-0.4, -0.2) is 22.6 Å². The third-order valence-corrected chi connectivity index (χ3v) is 4.81. The van der Waals surface area contributed by atoms with E-state index in [1.165, 1.54) is 0 Å². The molecular formula is C18H18BrF3N4O2. The van der Waals surface area contributed by atoms with Crippen LogP contribution in [0, 0.1) is 5.92 Å². The molecule has 0 saturated heterocycles. The molecule has 10 heteroatoms. The molecule has 150 valence electrons. The molecule has 1 heterocycles. The molecule has 2 aromatic rings. The smallest absolute Gasteiger partial charge is 0.406 e. The number of rotatable bonds is 5. The number of hydrogen-bond acceptors (Lipinski definition) is 5. The van der Waals surface area contributed by atoms with Crippen LogP contribution >= 0.6 is 15.9 Å². The maximum absolute atomic E-state index is 13.4. The number of alkyl halides is 3. The average Bonchev–Trinajstić information content (AvgIpc) is 3.14. The van der Waals surface area contributed by atoms with Gasteiger partial charge < -0.3 is 15.4 Å². The Bertz CT molecular complexity index is 842. The van der Waals surface area contributed by atoms with Crippen LogP contribution in [0.25, 0.3) is 0 Å². The third kappa shape index (κ3) is 5.57. The molecule has 0 unspecified atom stereocenters. The molecule has 3 rings (SSSR count). The Morgan fingerprint density at radius 3 is 2.71 bits per heavy atom. The van der Waals surface area contributed by atoms with Crippen LogP contribution in [0.4, 0.5) is 29.6 Å². The van der Waals surface area contributed by atoms with Crippen molar-refractivity contribution in [3.05, 3.63) is 40.6 Å². The van der Waals surface area contributed by atoms with E-state index in [-0.39, 0.29) is 5.95 Å². The first-order valence-corrected chi connectivity index (χ1v) is 9.53. The zero-order valence-electron chi connectivity index (χ0n) is 14.7. The van der Waals surface area contributed by atoms with Gasteiger partial charge in [0.25, 0.3) is 0 Å². The average molecular weight is 459 g/mol. The standard InChI is InChI=1S/C18H18BrF3N4O2/c19-12-6-3-7-13(8-12)25-16-23-10-14(15(26-16)18(20,21)22)28-17(27)24-9-11-4-1-2-5-11/h3,6-8,10-11H,1-2,4-5,9H2,(H,24,27)(H,23,25,26). The van der Waals surface area contributed by atoms with Gasteiger partial charge in [0.15, 0.2) is 11.4 Å². The van der Waals surface area contributed by atoms with E-state index >= 15 is 0 Å².